The van der Waals surface area contributed by atoms with E-state index in [-0.39, 0.29) is 18.6 Å². The van der Waals surface area contributed by atoms with Gasteiger partial charge in [-0.2, -0.15) is 0 Å². The van der Waals surface area contributed by atoms with Gasteiger partial charge in [0.25, 0.3) is 5.91 Å². The molecule has 0 aliphatic heterocycles. The fraction of sp³-hybridized carbons (Fsp3) is 0.348. The third kappa shape index (κ3) is 4.93. The van der Waals surface area contributed by atoms with E-state index in [4.69, 9.17) is 11.6 Å². The van der Waals surface area contributed by atoms with Gasteiger partial charge in [0.05, 0.1) is 30.5 Å². The Morgan fingerprint density at radius 3 is 2.91 bits per heavy atom. The second kappa shape index (κ2) is 9.68. The Hall–Kier alpha value is -2.94. The predicted octanol–water partition coefficient (Wildman–Crippen LogP) is 3.22. The Morgan fingerprint density at radius 1 is 1.34 bits per heavy atom. The molecule has 1 aliphatic carbocycles. The maximum atomic E-state index is 12.8. The normalized spacial score (nSPS) is 19.0. The summed E-state index contributed by atoms with van der Waals surface area (Å²) in [5.41, 5.74) is 3.36. The molecule has 2 heterocycles. The summed E-state index contributed by atoms with van der Waals surface area (Å²) in [5.74, 6) is 0.0967. The number of aryl methyl sites for hydroxylation is 1. The van der Waals surface area contributed by atoms with E-state index in [1.54, 1.807) is 42.7 Å². The van der Waals surface area contributed by atoms with Crippen LogP contribution in [0.25, 0.3) is 11.3 Å². The van der Waals surface area contributed by atoms with Gasteiger partial charge in [-0.3, -0.25) is 4.79 Å². The first-order valence-corrected chi connectivity index (χ1v) is 11.0. The van der Waals surface area contributed by atoms with Gasteiger partial charge >= 0.3 is 0 Å². The van der Waals surface area contributed by atoms with Gasteiger partial charge in [0.15, 0.2) is 0 Å². The summed E-state index contributed by atoms with van der Waals surface area (Å²) >= 11 is 6.03. The number of carbonyl (C=O) groups is 1. The molecular weight excluding hydrogens is 430 g/mol. The number of nitrogens with one attached hydrogen (secondary N) is 3. The van der Waals surface area contributed by atoms with Crippen LogP contribution in [0.2, 0.25) is 5.02 Å². The van der Waals surface area contributed by atoms with E-state index in [9.17, 15) is 15.0 Å². The summed E-state index contributed by atoms with van der Waals surface area (Å²) in [4.78, 5) is 24.7. The molecule has 9 heteroatoms. The third-order valence-electron chi connectivity index (χ3n) is 5.71. The minimum Gasteiger partial charge on any atom is -0.394 e. The first-order chi connectivity index (χ1) is 15.4. The van der Waals surface area contributed by atoms with Crippen LogP contribution in [0.1, 0.15) is 46.9 Å². The lowest BCUT2D eigenvalue weighted by Gasteiger charge is -2.17. The number of hydrogen-bond acceptors (Lipinski definition) is 6. The minimum absolute atomic E-state index is 0.0555. The SMILES string of the molecule is Cc1cnc(N[C@H]2CCC[C@H]2O)nc1-c1c[nH]c(C(=O)N[C@H](CO)c2cccc(Cl)c2)c1. The van der Waals surface area contributed by atoms with Crippen molar-refractivity contribution in [1.29, 1.82) is 0 Å². The van der Waals surface area contributed by atoms with Gasteiger partial charge in [-0.25, -0.2) is 9.97 Å². The van der Waals surface area contributed by atoms with Crippen molar-refractivity contribution in [2.24, 2.45) is 0 Å². The molecule has 3 atom stereocenters. The van der Waals surface area contributed by atoms with E-state index in [1.807, 2.05) is 6.92 Å². The van der Waals surface area contributed by atoms with Crippen LogP contribution in [0.5, 0.6) is 0 Å². The number of aromatic amines is 1. The minimum atomic E-state index is -0.581. The average Bonchev–Trinajstić information content (AvgIpc) is 3.43. The maximum Gasteiger partial charge on any atom is 0.268 e. The number of hydrogen-bond donors (Lipinski definition) is 5. The predicted molar refractivity (Wildman–Crippen MR) is 123 cm³/mol. The van der Waals surface area contributed by atoms with Crippen LogP contribution >= 0.6 is 11.6 Å². The molecule has 168 valence electrons. The number of aromatic nitrogens is 3. The van der Waals surface area contributed by atoms with Crippen molar-refractivity contribution in [3.8, 4) is 11.3 Å². The molecule has 1 fully saturated rings. The molecule has 1 aromatic carbocycles. The molecule has 0 saturated heterocycles. The zero-order valence-corrected chi connectivity index (χ0v) is 18.4. The lowest BCUT2D eigenvalue weighted by atomic mass is 10.1. The Kier molecular flexibility index (Phi) is 6.74. The van der Waals surface area contributed by atoms with Crippen LogP contribution in [0.3, 0.4) is 0 Å². The van der Waals surface area contributed by atoms with Gasteiger partial charge in [-0.15, -0.1) is 0 Å². The summed E-state index contributed by atoms with van der Waals surface area (Å²) in [6, 6.07) is 8.09. The standard InChI is InChI=1S/C23H26ClN5O3/c1-13-10-26-23(28-17-6-3-7-20(17)31)29-21(13)15-9-18(25-11-15)22(32)27-19(12-30)14-4-2-5-16(24)8-14/h2,4-5,8-11,17,19-20,25,30-31H,3,6-7,12H2,1H3,(H,27,32)(H,26,28,29)/t17-,19+,20+/m0/s1. The van der Waals surface area contributed by atoms with Gasteiger partial charge in [-0.1, -0.05) is 23.7 Å². The molecular formula is C23H26ClN5O3. The van der Waals surface area contributed by atoms with Crippen molar-refractivity contribution in [1.82, 2.24) is 20.3 Å². The molecule has 0 radical (unpaired) electrons. The maximum absolute atomic E-state index is 12.8. The van der Waals surface area contributed by atoms with E-state index in [0.29, 0.717) is 22.4 Å². The zero-order chi connectivity index (χ0) is 22.7. The van der Waals surface area contributed by atoms with Crippen molar-refractivity contribution >= 4 is 23.5 Å². The molecule has 0 unspecified atom stereocenters. The van der Waals surface area contributed by atoms with E-state index >= 15 is 0 Å². The smallest absolute Gasteiger partial charge is 0.268 e. The third-order valence-corrected chi connectivity index (χ3v) is 5.94. The second-order valence-electron chi connectivity index (χ2n) is 8.04. The van der Waals surface area contributed by atoms with Crippen LogP contribution in [0.15, 0.2) is 42.7 Å². The number of H-pyrrole nitrogens is 1. The van der Waals surface area contributed by atoms with Crippen molar-refractivity contribution < 1.29 is 15.0 Å². The highest BCUT2D eigenvalue weighted by Crippen LogP contribution is 2.26. The van der Waals surface area contributed by atoms with Gasteiger partial charge in [0.1, 0.15) is 5.69 Å². The molecule has 0 bridgehead atoms. The van der Waals surface area contributed by atoms with E-state index in [1.165, 1.54) is 0 Å². The van der Waals surface area contributed by atoms with Crippen LogP contribution in [-0.4, -0.2) is 49.8 Å². The summed E-state index contributed by atoms with van der Waals surface area (Å²) in [5, 5.41) is 26.4. The summed E-state index contributed by atoms with van der Waals surface area (Å²) in [6.45, 7) is 1.64. The Morgan fingerprint density at radius 2 is 2.19 bits per heavy atom. The molecule has 1 aliphatic rings. The van der Waals surface area contributed by atoms with Crippen LogP contribution < -0.4 is 10.6 Å². The number of nitrogens with zero attached hydrogens (tertiary/aromatic N) is 2. The van der Waals surface area contributed by atoms with Gasteiger partial charge in [0, 0.05) is 23.0 Å². The number of rotatable bonds is 7. The van der Waals surface area contributed by atoms with Gasteiger partial charge in [0.2, 0.25) is 5.95 Å². The fourth-order valence-electron chi connectivity index (χ4n) is 3.93. The molecule has 4 rings (SSSR count). The number of amides is 1. The van der Waals surface area contributed by atoms with Gasteiger partial charge < -0.3 is 25.8 Å². The first kappa shape index (κ1) is 22.3. The lowest BCUT2D eigenvalue weighted by molar-refractivity contribution is 0.0911. The number of aliphatic hydroxyl groups excluding tert-OH is 2. The first-order valence-electron chi connectivity index (χ1n) is 10.6. The van der Waals surface area contributed by atoms with Crippen molar-refractivity contribution in [3.63, 3.8) is 0 Å². The highest BCUT2D eigenvalue weighted by molar-refractivity contribution is 6.30. The molecule has 3 aromatic rings. The number of halogens is 1. The van der Waals surface area contributed by atoms with Crippen LogP contribution in [0, 0.1) is 6.92 Å². The Labute approximate surface area is 191 Å². The Balaban J connectivity index is 1.50. The summed E-state index contributed by atoms with van der Waals surface area (Å²) < 4.78 is 0. The number of anilines is 1. The van der Waals surface area contributed by atoms with Crippen molar-refractivity contribution in [2.45, 2.75) is 44.4 Å². The number of benzene rings is 1. The fourth-order valence-corrected chi connectivity index (χ4v) is 4.13. The molecule has 2 aromatic heterocycles. The van der Waals surface area contributed by atoms with E-state index in [0.717, 1.165) is 36.0 Å². The molecule has 5 N–H and O–H groups in total. The van der Waals surface area contributed by atoms with Crippen LogP contribution in [-0.2, 0) is 0 Å². The highest BCUT2D eigenvalue weighted by Gasteiger charge is 2.26. The van der Waals surface area contributed by atoms with Crippen LogP contribution in [0.4, 0.5) is 5.95 Å². The topological polar surface area (TPSA) is 123 Å². The second-order valence-corrected chi connectivity index (χ2v) is 8.48. The molecule has 0 spiro atoms. The van der Waals surface area contributed by atoms with E-state index < -0.39 is 12.1 Å². The van der Waals surface area contributed by atoms with Crippen molar-refractivity contribution in [2.75, 3.05) is 11.9 Å². The molecule has 1 saturated carbocycles. The molecule has 1 amide bonds. The quantitative estimate of drug-likeness (QED) is 0.372. The average molecular weight is 456 g/mol. The number of carbonyl (C=O) groups excluding carboxylic acids is 1. The van der Waals surface area contributed by atoms with Gasteiger partial charge in [-0.05, 0) is 55.5 Å². The van der Waals surface area contributed by atoms with Crippen molar-refractivity contribution in [3.05, 3.63) is 64.6 Å². The lowest BCUT2D eigenvalue weighted by Crippen LogP contribution is -2.31. The largest absolute Gasteiger partial charge is 0.394 e. The summed E-state index contributed by atoms with van der Waals surface area (Å²) in [7, 11) is 0. The summed E-state index contributed by atoms with van der Waals surface area (Å²) in [6.07, 6.45) is 5.66. The Bertz CT molecular complexity index is 1100. The zero-order valence-electron chi connectivity index (χ0n) is 17.7. The van der Waals surface area contributed by atoms with E-state index in [2.05, 4.69) is 25.6 Å². The highest BCUT2D eigenvalue weighted by atomic mass is 35.5. The monoisotopic (exact) mass is 455 g/mol. The molecule has 32 heavy (non-hydrogen) atoms. The number of aliphatic hydroxyl groups is 2. The molecule has 8 nitrogen and oxygen atoms in total.